The molecule has 32 heavy (non-hydrogen) atoms. The summed E-state index contributed by atoms with van der Waals surface area (Å²) in [5.41, 5.74) is 1.53. The molecule has 7 nitrogen and oxygen atoms in total. The summed E-state index contributed by atoms with van der Waals surface area (Å²) in [5.74, 6) is 0.964. The Balaban J connectivity index is 1.63. The van der Waals surface area contributed by atoms with E-state index in [1.165, 1.54) is 15.9 Å². The summed E-state index contributed by atoms with van der Waals surface area (Å²) in [6.07, 6.45) is 0. The number of thiophene rings is 2. The van der Waals surface area contributed by atoms with Crippen LogP contribution < -0.4 is 10.3 Å². The SMILES string of the molecule is COc1ccc(CN(CCO)C(=O)Cn2c(C)nc3scc(-c4cccs4)c3c2=O)cc1. The Morgan fingerprint density at radius 1 is 1.22 bits per heavy atom. The molecule has 0 unspecified atom stereocenters. The lowest BCUT2D eigenvalue weighted by molar-refractivity contribution is -0.133. The van der Waals surface area contributed by atoms with Crippen LogP contribution in [-0.2, 0) is 17.9 Å². The van der Waals surface area contributed by atoms with Gasteiger partial charge in [0.2, 0.25) is 5.91 Å². The first kappa shape index (κ1) is 22.2. The number of fused-ring (bicyclic) bond motifs is 1. The van der Waals surface area contributed by atoms with Crippen molar-refractivity contribution in [1.82, 2.24) is 14.5 Å². The third-order valence-electron chi connectivity index (χ3n) is 5.22. The molecule has 0 atom stereocenters. The lowest BCUT2D eigenvalue weighted by atomic mass is 10.2. The van der Waals surface area contributed by atoms with Gasteiger partial charge < -0.3 is 14.7 Å². The van der Waals surface area contributed by atoms with E-state index >= 15 is 0 Å². The molecule has 166 valence electrons. The summed E-state index contributed by atoms with van der Waals surface area (Å²) >= 11 is 2.99. The van der Waals surface area contributed by atoms with Gasteiger partial charge in [0, 0.05) is 28.9 Å². The second-order valence-electron chi connectivity index (χ2n) is 7.24. The number of aliphatic hydroxyl groups excluding tert-OH is 1. The van der Waals surface area contributed by atoms with E-state index in [2.05, 4.69) is 4.98 Å². The summed E-state index contributed by atoms with van der Waals surface area (Å²) < 4.78 is 6.60. The van der Waals surface area contributed by atoms with E-state index in [1.54, 1.807) is 30.3 Å². The number of carbonyl (C=O) groups is 1. The van der Waals surface area contributed by atoms with Gasteiger partial charge in [-0.1, -0.05) is 18.2 Å². The van der Waals surface area contributed by atoms with Crippen molar-refractivity contribution in [2.24, 2.45) is 0 Å². The van der Waals surface area contributed by atoms with Crippen molar-refractivity contribution in [2.45, 2.75) is 20.0 Å². The van der Waals surface area contributed by atoms with Crippen molar-refractivity contribution in [3.05, 3.63) is 68.9 Å². The number of amides is 1. The molecule has 4 aromatic rings. The van der Waals surface area contributed by atoms with Gasteiger partial charge >= 0.3 is 0 Å². The fourth-order valence-electron chi connectivity index (χ4n) is 3.52. The van der Waals surface area contributed by atoms with Gasteiger partial charge in [0.1, 0.15) is 22.9 Å². The van der Waals surface area contributed by atoms with Crippen LogP contribution in [-0.4, -0.2) is 45.7 Å². The molecule has 0 aliphatic carbocycles. The van der Waals surface area contributed by atoms with Gasteiger partial charge in [0.25, 0.3) is 5.56 Å². The number of aliphatic hydroxyl groups is 1. The molecular formula is C23H23N3O4S2. The average molecular weight is 470 g/mol. The highest BCUT2D eigenvalue weighted by Crippen LogP contribution is 2.33. The number of aryl methyl sites for hydroxylation is 1. The highest BCUT2D eigenvalue weighted by molar-refractivity contribution is 7.18. The third kappa shape index (κ3) is 4.45. The first-order chi connectivity index (χ1) is 15.5. The molecule has 3 heterocycles. The van der Waals surface area contributed by atoms with Crippen LogP contribution in [0.15, 0.2) is 52.0 Å². The molecule has 0 bridgehead atoms. The zero-order valence-electron chi connectivity index (χ0n) is 17.8. The lowest BCUT2D eigenvalue weighted by Gasteiger charge is -2.23. The average Bonchev–Trinajstić information content (AvgIpc) is 3.46. The van der Waals surface area contributed by atoms with E-state index in [4.69, 9.17) is 4.74 Å². The summed E-state index contributed by atoms with van der Waals surface area (Å²) in [7, 11) is 1.60. The second kappa shape index (κ2) is 9.64. The highest BCUT2D eigenvalue weighted by Gasteiger charge is 2.20. The molecular weight excluding hydrogens is 446 g/mol. The van der Waals surface area contributed by atoms with Crippen LogP contribution in [0.3, 0.4) is 0 Å². The maximum atomic E-state index is 13.4. The number of carbonyl (C=O) groups excluding carboxylic acids is 1. The molecule has 4 rings (SSSR count). The number of ether oxygens (including phenoxy) is 1. The number of nitrogens with zero attached hydrogens (tertiary/aromatic N) is 3. The quantitative estimate of drug-likeness (QED) is 0.427. The van der Waals surface area contributed by atoms with E-state index in [9.17, 15) is 14.7 Å². The number of hydrogen-bond donors (Lipinski definition) is 1. The van der Waals surface area contributed by atoms with Crippen LogP contribution in [0.5, 0.6) is 5.75 Å². The van der Waals surface area contributed by atoms with Crippen molar-refractivity contribution in [3.8, 4) is 16.2 Å². The smallest absolute Gasteiger partial charge is 0.263 e. The van der Waals surface area contributed by atoms with Crippen LogP contribution in [0.25, 0.3) is 20.7 Å². The van der Waals surface area contributed by atoms with Crippen molar-refractivity contribution in [2.75, 3.05) is 20.3 Å². The number of hydrogen-bond acceptors (Lipinski definition) is 7. The molecule has 1 N–H and O–H groups in total. The van der Waals surface area contributed by atoms with E-state index in [0.717, 1.165) is 21.8 Å². The Bertz CT molecular complexity index is 1280. The van der Waals surface area contributed by atoms with Crippen LogP contribution in [0.2, 0.25) is 0 Å². The second-order valence-corrected chi connectivity index (χ2v) is 9.05. The van der Waals surface area contributed by atoms with Crippen LogP contribution in [0.1, 0.15) is 11.4 Å². The first-order valence-electron chi connectivity index (χ1n) is 10.1. The third-order valence-corrected chi connectivity index (χ3v) is 7.00. The van der Waals surface area contributed by atoms with Crippen molar-refractivity contribution in [3.63, 3.8) is 0 Å². The highest BCUT2D eigenvalue weighted by atomic mass is 32.1. The summed E-state index contributed by atoms with van der Waals surface area (Å²) in [6, 6.07) is 11.3. The first-order valence-corrected chi connectivity index (χ1v) is 11.8. The lowest BCUT2D eigenvalue weighted by Crippen LogP contribution is -2.38. The minimum Gasteiger partial charge on any atom is -0.497 e. The Kier molecular flexibility index (Phi) is 6.69. The van der Waals surface area contributed by atoms with Crippen LogP contribution >= 0.6 is 22.7 Å². The molecule has 0 saturated carbocycles. The summed E-state index contributed by atoms with van der Waals surface area (Å²) in [6.45, 7) is 1.93. The standard InChI is InChI=1S/C23H23N3O4S2/c1-15-24-22-21(18(14-32-22)19-4-3-11-31-19)23(29)26(15)13-20(28)25(9-10-27)12-16-5-7-17(30-2)8-6-16/h3-8,11,14,27H,9-10,12-13H2,1-2H3. The molecule has 3 aromatic heterocycles. The molecule has 0 aliphatic heterocycles. The number of rotatable bonds is 8. The van der Waals surface area contributed by atoms with Gasteiger partial charge in [0.15, 0.2) is 0 Å². The number of benzene rings is 1. The predicted octanol–water partition coefficient (Wildman–Crippen LogP) is 3.52. The molecule has 0 spiro atoms. The van der Waals surface area contributed by atoms with Crippen LogP contribution in [0.4, 0.5) is 0 Å². The van der Waals surface area contributed by atoms with Gasteiger partial charge in [-0.05, 0) is 36.1 Å². The summed E-state index contributed by atoms with van der Waals surface area (Å²) in [4.78, 5) is 34.3. The molecule has 0 radical (unpaired) electrons. The number of methoxy groups -OCH3 is 1. The Hall–Kier alpha value is -3.01. The fraction of sp³-hybridized carbons (Fsp3) is 0.261. The Labute approximate surface area is 193 Å². The Morgan fingerprint density at radius 2 is 2.00 bits per heavy atom. The zero-order valence-corrected chi connectivity index (χ0v) is 19.4. The van der Waals surface area contributed by atoms with E-state index in [1.807, 2.05) is 47.2 Å². The Morgan fingerprint density at radius 3 is 2.66 bits per heavy atom. The van der Waals surface area contributed by atoms with E-state index < -0.39 is 0 Å². The maximum absolute atomic E-state index is 13.4. The zero-order chi connectivity index (χ0) is 22.7. The minimum absolute atomic E-state index is 0.135. The monoisotopic (exact) mass is 469 g/mol. The largest absolute Gasteiger partial charge is 0.497 e. The molecule has 9 heteroatoms. The molecule has 0 fully saturated rings. The molecule has 1 aromatic carbocycles. The topological polar surface area (TPSA) is 84.7 Å². The van der Waals surface area contributed by atoms with E-state index in [-0.39, 0.29) is 31.2 Å². The van der Waals surface area contributed by atoms with Crippen molar-refractivity contribution in [1.29, 1.82) is 0 Å². The van der Waals surface area contributed by atoms with Gasteiger partial charge in [-0.15, -0.1) is 22.7 Å². The normalized spacial score (nSPS) is 11.1. The van der Waals surface area contributed by atoms with E-state index in [0.29, 0.717) is 22.6 Å². The predicted molar refractivity (Wildman–Crippen MR) is 127 cm³/mol. The van der Waals surface area contributed by atoms with Gasteiger partial charge in [0.05, 0.1) is 19.1 Å². The maximum Gasteiger partial charge on any atom is 0.263 e. The van der Waals surface area contributed by atoms with Crippen molar-refractivity contribution >= 4 is 38.8 Å². The van der Waals surface area contributed by atoms with Crippen molar-refractivity contribution < 1.29 is 14.6 Å². The molecule has 1 amide bonds. The van der Waals surface area contributed by atoms with Crippen LogP contribution in [0, 0.1) is 6.92 Å². The summed E-state index contributed by atoms with van der Waals surface area (Å²) in [5, 5.41) is 13.9. The van der Waals surface area contributed by atoms with Gasteiger partial charge in [-0.25, -0.2) is 4.98 Å². The minimum atomic E-state index is -0.255. The van der Waals surface area contributed by atoms with Gasteiger partial charge in [-0.3, -0.25) is 14.2 Å². The van der Waals surface area contributed by atoms with Gasteiger partial charge in [-0.2, -0.15) is 0 Å². The number of aromatic nitrogens is 2. The fourth-order valence-corrected chi connectivity index (χ4v) is 5.32. The molecule has 0 aliphatic rings. The molecule has 0 saturated heterocycles.